The van der Waals surface area contributed by atoms with Gasteiger partial charge < -0.3 is 14.5 Å². The van der Waals surface area contributed by atoms with Crippen molar-refractivity contribution in [1.29, 1.82) is 0 Å². The SMILES string of the molecule is CCNC(c1ccc(COC)o1)c1cc(C)ccc1F. The van der Waals surface area contributed by atoms with Gasteiger partial charge in [-0.15, -0.1) is 0 Å². The van der Waals surface area contributed by atoms with E-state index in [0.29, 0.717) is 17.9 Å². The van der Waals surface area contributed by atoms with Gasteiger partial charge in [-0.1, -0.05) is 24.6 Å². The molecule has 0 fully saturated rings. The number of hydrogen-bond donors (Lipinski definition) is 1. The van der Waals surface area contributed by atoms with Gasteiger partial charge in [-0.3, -0.25) is 0 Å². The highest BCUT2D eigenvalue weighted by atomic mass is 19.1. The van der Waals surface area contributed by atoms with Gasteiger partial charge >= 0.3 is 0 Å². The van der Waals surface area contributed by atoms with Gasteiger partial charge in [-0.2, -0.15) is 0 Å². The maximum absolute atomic E-state index is 14.1. The molecule has 0 aliphatic heterocycles. The number of hydrogen-bond acceptors (Lipinski definition) is 3. The number of benzene rings is 1. The van der Waals surface area contributed by atoms with Crippen LogP contribution >= 0.6 is 0 Å². The van der Waals surface area contributed by atoms with Crippen LogP contribution < -0.4 is 5.32 Å². The number of halogens is 1. The van der Waals surface area contributed by atoms with E-state index in [9.17, 15) is 4.39 Å². The first kappa shape index (κ1) is 14.8. The van der Waals surface area contributed by atoms with Gasteiger partial charge in [0.25, 0.3) is 0 Å². The number of nitrogens with one attached hydrogen (secondary N) is 1. The zero-order valence-electron chi connectivity index (χ0n) is 12.1. The van der Waals surface area contributed by atoms with Gasteiger partial charge in [0.1, 0.15) is 23.9 Å². The fourth-order valence-electron chi connectivity index (χ4n) is 2.22. The van der Waals surface area contributed by atoms with Crippen LogP contribution in [0.15, 0.2) is 34.7 Å². The third-order valence-electron chi connectivity index (χ3n) is 3.12. The summed E-state index contributed by atoms with van der Waals surface area (Å²) in [6.07, 6.45) is 0. The summed E-state index contributed by atoms with van der Waals surface area (Å²) in [5.41, 5.74) is 1.62. The quantitative estimate of drug-likeness (QED) is 0.876. The van der Waals surface area contributed by atoms with Crippen molar-refractivity contribution in [3.63, 3.8) is 0 Å². The first-order chi connectivity index (χ1) is 9.65. The Kier molecular flexibility index (Phi) is 4.93. The Labute approximate surface area is 118 Å². The molecule has 1 unspecified atom stereocenters. The summed E-state index contributed by atoms with van der Waals surface area (Å²) < 4.78 is 24.9. The minimum Gasteiger partial charge on any atom is -0.462 e. The maximum Gasteiger partial charge on any atom is 0.129 e. The number of rotatable bonds is 6. The summed E-state index contributed by atoms with van der Waals surface area (Å²) in [4.78, 5) is 0. The minimum atomic E-state index is -0.287. The molecule has 0 aliphatic carbocycles. The topological polar surface area (TPSA) is 34.4 Å². The predicted octanol–water partition coefficient (Wildman–Crippen LogP) is 3.57. The zero-order valence-corrected chi connectivity index (χ0v) is 12.1. The van der Waals surface area contributed by atoms with E-state index in [4.69, 9.17) is 9.15 Å². The smallest absolute Gasteiger partial charge is 0.129 e. The van der Waals surface area contributed by atoms with Crippen molar-refractivity contribution in [3.05, 3.63) is 58.8 Å². The van der Waals surface area contributed by atoms with Crippen molar-refractivity contribution >= 4 is 0 Å². The first-order valence-electron chi connectivity index (χ1n) is 6.72. The Bertz CT molecular complexity index is 565. The van der Waals surface area contributed by atoms with Gasteiger partial charge in [0.15, 0.2) is 0 Å². The first-order valence-corrected chi connectivity index (χ1v) is 6.72. The molecule has 1 atom stereocenters. The normalized spacial score (nSPS) is 12.6. The Morgan fingerprint density at radius 3 is 2.80 bits per heavy atom. The fourth-order valence-corrected chi connectivity index (χ4v) is 2.22. The molecule has 108 valence electrons. The molecule has 0 radical (unpaired) electrons. The molecule has 0 saturated carbocycles. The van der Waals surface area contributed by atoms with Gasteiger partial charge in [0, 0.05) is 12.7 Å². The van der Waals surface area contributed by atoms with E-state index in [2.05, 4.69) is 5.32 Å². The Hall–Kier alpha value is -1.65. The molecule has 0 spiro atoms. The van der Waals surface area contributed by atoms with E-state index in [1.165, 1.54) is 6.07 Å². The molecular formula is C16H20FNO2. The second-order valence-electron chi connectivity index (χ2n) is 4.75. The van der Waals surface area contributed by atoms with Gasteiger partial charge in [-0.25, -0.2) is 4.39 Å². The van der Waals surface area contributed by atoms with Crippen LogP contribution in [0.4, 0.5) is 4.39 Å². The van der Waals surface area contributed by atoms with E-state index in [1.54, 1.807) is 13.2 Å². The third kappa shape index (κ3) is 3.26. The molecule has 0 saturated heterocycles. The minimum absolute atomic E-state index is 0.230. The Morgan fingerprint density at radius 2 is 2.10 bits per heavy atom. The largest absolute Gasteiger partial charge is 0.462 e. The molecule has 1 N–H and O–H groups in total. The van der Waals surface area contributed by atoms with E-state index in [1.807, 2.05) is 32.0 Å². The lowest BCUT2D eigenvalue weighted by Gasteiger charge is -2.17. The number of methoxy groups -OCH3 is 1. The monoisotopic (exact) mass is 277 g/mol. The Balaban J connectivity index is 2.36. The average molecular weight is 277 g/mol. The highest BCUT2D eigenvalue weighted by Gasteiger charge is 2.20. The van der Waals surface area contributed by atoms with Crippen LogP contribution in [-0.2, 0) is 11.3 Å². The lowest BCUT2D eigenvalue weighted by molar-refractivity contribution is 0.162. The summed E-state index contributed by atoms with van der Waals surface area (Å²) in [5, 5.41) is 3.26. The molecule has 0 bridgehead atoms. The van der Waals surface area contributed by atoms with E-state index in [-0.39, 0.29) is 11.9 Å². The lowest BCUT2D eigenvalue weighted by atomic mass is 10.0. The maximum atomic E-state index is 14.1. The molecule has 1 aromatic carbocycles. The van der Waals surface area contributed by atoms with Crippen LogP contribution in [0.1, 0.15) is 35.6 Å². The summed E-state index contributed by atoms with van der Waals surface area (Å²) in [6.45, 7) is 5.07. The van der Waals surface area contributed by atoms with Crippen LogP contribution in [0.2, 0.25) is 0 Å². The zero-order chi connectivity index (χ0) is 14.5. The van der Waals surface area contributed by atoms with Gasteiger partial charge in [0.2, 0.25) is 0 Å². The fraction of sp³-hybridized carbons (Fsp3) is 0.375. The average Bonchev–Trinajstić information content (AvgIpc) is 2.88. The number of ether oxygens (including phenoxy) is 1. The predicted molar refractivity (Wildman–Crippen MR) is 76.1 cm³/mol. The molecule has 2 aromatic rings. The van der Waals surface area contributed by atoms with Crippen LogP contribution in [-0.4, -0.2) is 13.7 Å². The molecular weight excluding hydrogens is 257 g/mol. The van der Waals surface area contributed by atoms with Crippen molar-refractivity contribution in [2.45, 2.75) is 26.5 Å². The third-order valence-corrected chi connectivity index (χ3v) is 3.12. The van der Waals surface area contributed by atoms with E-state index < -0.39 is 0 Å². The summed E-state index contributed by atoms with van der Waals surface area (Å²) in [6, 6.07) is 8.54. The van der Waals surface area contributed by atoms with Crippen molar-refractivity contribution in [1.82, 2.24) is 5.32 Å². The highest BCUT2D eigenvalue weighted by Crippen LogP contribution is 2.27. The Morgan fingerprint density at radius 1 is 1.30 bits per heavy atom. The molecule has 2 rings (SSSR count). The molecule has 1 heterocycles. The lowest BCUT2D eigenvalue weighted by Crippen LogP contribution is -2.22. The number of aryl methyl sites for hydroxylation is 1. The van der Waals surface area contributed by atoms with Crippen LogP contribution in [0.25, 0.3) is 0 Å². The molecule has 4 heteroatoms. The van der Waals surface area contributed by atoms with Crippen molar-refractivity contribution < 1.29 is 13.5 Å². The summed E-state index contributed by atoms with van der Waals surface area (Å²) in [5.74, 6) is 1.20. The summed E-state index contributed by atoms with van der Waals surface area (Å²) >= 11 is 0. The highest BCUT2D eigenvalue weighted by molar-refractivity contribution is 5.32. The molecule has 3 nitrogen and oxygen atoms in total. The van der Waals surface area contributed by atoms with Crippen molar-refractivity contribution in [3.8, 4) is 0 Å². The molecule has 0 amide bonds. The summed E-state index contributed by atoms with van der Waals surface area (Å²) in [7, 11) is 1.62. The number of furan rings is 1. The van der Waals surface area contributed by atoms with E-state index >= 15 is 0 Å². The second-order valence-corrected chi connectivity index (χ2v) is 4.75. The van der Waals surface area contributed by atoms with Gasteiger partial charge in [0.05, 0.1) is 6.04 Å². The van der Waals surface area contributed by atoms with Crippen molar-refractivity contribution in [2.75, 3.05) is 13.7 Å². The van der Waals surface area contributed by atoms with Crippen LogP contribution in [0.3, 0.4) is 0 Å². The standard InChI is InChI=1S/C16H20FNO2/c1-4-18-16(13-9-11(2)5-7-14(13)17)15-8-6-12(20-15)10-19-3/h5-9,16,18H,4,10H2,1-3H3. The van der Waals surface area contributed by atoms with Crippen LogP contribution in [0, 0.1) is 12.7 Å². The second kappa shape index (κ2) is 6.68. The molecule has 20 heavy (non-hydrogen) atoms. The van der Waals surface area contributed by atoms with Gasteiger partial charge in [-0.05, 0) is 31.7 Å². The van der Waals surface area contributed by atoms with Crippen LogP contribution in [0.5, 0.6) is 0 Å². The molecule has 1 aromatic heterocycles. The molecule has 0 aliphatic rings. The van der Waals surface area contributed by atoms with Crippen molar-refractivity contribution in [2.24, 2.45) is 0 Å². The van der Waals surface area contributed by atoms with E-state index in [0.717, 1.165) is 17.9 Å².